The number of hydrogen-bond donors (Lipinski definition) is 3. The van der Waals surface area contributed by atoms with Gasteiger partial charge in [-0.2, -0.15) is 5.10 Å². The highest BCUT2D eigenvalue weighted by molar-refractivity contribution is 6.33. The molecule has 3 heterocycles. The first-order valence-corrected chi connectivity index (χ1v) is 10.9. The number of H-pyrrole nitrogens is 1. The molecule has 0 unspecified atom stereocenters. The lowest BCUT2D eigenvalue weighted by molar-refractivity contribution is 0.0946. The summed E-state index contributed by atoms with van der Waals surface area (Å²) < 4.78 is 0. The number of aliphatic hydroxyl groups is 1. The standard InChI is InChI=1S/C23H26ClN5O2/c24-19-7-2-1-6-18(19)20-13-21(28-27-20)23(31)26-15-16-8-9-22(25-14-16)29-11-4-3-5-17(29)10-12-30/h1-2,6-9,13-14,17,30H,3-5,10-12,15H2,(H,26,31)(H,27,28)/t17-/m0/s1. The second-order valence-electron chi connectivity index (χ2n) is 7.71. The van der Waals surface area contributed by atoms with E-state index in [2.05, 4.69) is 25.4 Å². The zero-order valence-corrected chi connectivity index (χ0v) is 18.0. The summed E-state index contributed by atoms with van der Waals surface area (Å²) in [4.78, 5) is 19.4. The predicted octanol–water partition coefficient (Wildman–Crippen LogP) is 3.80. The minimum atomic E-state index is -0.242. The van der Waals surface area contributed by atoms with E-state index in [-0.39, 0.29) is 12.5 Å². The highest BCUT2D eigenvalue weighted by Gasteiger charge is 2.23. The van der Waals surface area contributed by atoms with Crippen LogP contribution in [0, 0.1) is 0 Å². The van der Waals surface area contributed by atoms with E-state index in [0.29, 0.717) is 29.0 Å². The van der Waals surface area contributed by atoms with Gasteiger partial charge in [-0.3, -0.25) is 9.89 Å². The first kappa shape index (κ1) is 21.3. The van der Waals surface area contributed by atoms with Gasteiger partial charge in [0.15, 0.2) is 0 Å². The third-order valence-electron chi connectivity index (χ3n) is 5.62. The first-order valence-electron chi connectivity index (χ1n) is 10.6. The number of rotatable bonds is 7. The minimum absolute atomic E-state index is 0.192. The molecule has 0 radical (unpaired) electrons. The Kier molecular flexibility index (Phi) is 6.84. The Balaban J connectivity index is 1.36. The Hall–Kier alpha value is -2.90. The van der Waals surface area contributed by atoms with Crippen molar-refractivity contribution < 1.29 is 9.90 Å². The maximum Gasteiger partial charge on any atom is 0.269 e. The molecule has 1 aliphatic rings. The van der Waals surface area contributed by atoms with Crippen molar-refractivity contribution >= 4 is 23.3 Å². The average molecular weight is 440 g/mol. The van der Waals surface area contributed by atoms with E-state index in [0.717, 1.165) is 42.8 Å². The van der Waals surface area contributed by atoms with Crippen molar-refractivity contribution in [3.8, 4) is 11.3 Å². The maximum atomic E-state index is 12.5. The van der Waals surface area contributed by atoms with Gasteiger partial charge in [0.05, 0.1) is 10.7 Å². The maximum absolute atomic E-state index is 12.5. The normalized spacial score (nSPS) is 16.3. The number of nitrogens with zero attached hydrogens (tertiary/aromatic N) is 3. The molecule has 1 saturated heterocycles. The Labute approximate surface area is 186 Å². The summed E-state index contributed by atoms with van der Waals surface area (Å²) in [5.74, 6) is 0.681. The molecular formula is C23H26ClN5O2. The van der Waals surface area contributed by atoms with Gasteiger partial charge in [-0.05, 0) is 49.4 Å². The van der Waals surface area contributed by atoms with E-state index in [1.54, 1.807) is 18.3 Å². The summed E-state index contributed by atoms with van der Waals surface area (Å²) >= 11 is 6.21. The zero-order chi connectivity index (χ0) is 21.6. The highest BCUT2D eigenvalue weighted by atomic mass is 35.5. The number of pyridine rings is 1. The fourth-order valence-electron chi connectivity index (χ4n) is 3.96. The molecule has 31 heavy (non-hydrogen) atoms. The number of carbonyl (C=O) groups is 1. The molecule has 7 nitrogen and oxygen atoms in total. The fourth-order valence-corrected chi connectivity index (χ4v) is 4.20. The minimum Gasteiger partial charge on any atom is -0.396 e. The molecule has 1 aliphatic heterocycles. The van der Waals surface area contributed by atoms with Gasteiger partial charge in [-0.25, -0.2) is 4.98 Å². The second-order valence-corrected chi connectivity index (χ2v) is 8.12. The molecular weight excluding hydrogens is 414 g/mol. The van der Waals surface area contributed by atoms with Crippen LogP contribution < -0.4 is 10.2 Å². The van der Waals surface area contributed by atoms with Crippen LogP contribution in [-0.4, -0.2) is 45.4 Å². The number of benzene rings is 1. The van der Waals surface area contributed by atoms with Crippen molar-refractivity contribution in [1.29, 1.82) is 0 Å². The molecule has 0 saturated carbocycles. The van der Waals surface area contributed by atoms with Gasteiger partial charge in [0.1, 0.15) is 11.5 Å². The number of aromatic amines is 1. The van der Waals surface area contributed by atoms with E-state index in [9.17, 15) is 9.90 Å². The third kappa shape index (κ3) is 5.06. The van der Waals surface area contributed by atoms with Crippen molar-refractivity contribution in [2.24, 2.45) is 0 Å². The summed E-state index contributed by atoms with van der Waals surface area (Å²) in [5.41, 5.74) is 2.69. The molecule has 3 N–H and O–H groups in total. The fraction of sp³-hybridized carbons (Fsp3) is 0.348. The number of halogens is 1. The van der Waals surface area contributed by atoms with Gasteiger partial charge in [0, 0.05) is 37.5 Å². The number of amides is 1. The van der Waals surface area contributed by atoms with Gasteiger partial charge in [0.2, 0.25) is 0 Å². The van der Waals surface area contributed by atoms with Crippen molar-refractivity contribution in [3.05, 3.63) is 64.9 Å². The van der Waals surface area contributed by atoms with Crippen LogP contribution in [0.5, 0.6) is 0 Å². The topological polar surface area (TPSA) is 94.1 Å². The molecule has 3 aromatic rings. The molecule has 162 valence electrons. The Morgan fingerprint density at radius 1 is 1.26 bits per heavy atom. The largest absolute Gasteiger partial charge is 0.396 e. The highest BCUT2D eigenvalue weighted by Crippen LogP contribution is 2.27. The predicted molar refractivity (Wildman–Crippen MR) is 121 cm³/mol. The van der Waals surface area contributed by atoms with Crippen LogP contribution in [0.25, 0.3) is 11.3 Å². The van der Waals surface area contributed by atoms with Gasteiger partial charge >= 0.3 is 0 Å². The number of nitrogens with one attached hydrogen (secondary N) is 2. The van der Waals surface area contributed by atoms with Crippen LogP contribution in [0.1, 0.15) is 41.7 Å². The molecule has 8 heteroatoms. The average Bonchev–Trinajstić information content (AvgIpc) is 3.29. The summed E-state index contributed by atoms with van der Waals surface area (Å²) in [7, 11) is 0. The third-order valence-corrected chi connectivity index (χ3v) is 5.95. The Morgan fingerprint density at radius 3 is 2.90 bits per heavy atom. The summed E-state index contributed by atoms with van der Waals surface area (Å²) in [6, 6.07) is 13.4. The van der Waals surface area contributed by atoms with Gasteiger partial charge in [-0.15, -0.1) is 0 Å². The van der Waals surface area contributed by atoms with Crippen LogP contribution in [0.3, 0.4) is 0 Å². The van der Waals surface area contributed by atoms with E-state index in [4.69, 9.17) is 11.6 Å². The quantitative estimate of drug-likeness (QED) is 0.520. The Bertz CT molecular complexity index is 1020. The molecule has 1 fully saturated rings. The van der Waals surface area contributed by atoms with Gasteiger partial charge in [-0.1, -0.05) is 35.9 Å². The van der Waals surface area contributed by atoms with E-state index in [1.807, 2.05) is 30.3 Å². The second kappa shape index (κ2) is 9.94. The number of piperidine rings is 1. The molecule has 1 amide bonds. The van der Waals surface area contributed by atoms with Crippen molar-refractivity contribution in [2.45, 2.75) is 38.3 Å². The molecule has 2 aromatic heterocycles. The number of hydrogen-bond acceptors (Lipinski definition) is 5. The number of anilines is 1. The van der Waals surface area contributed by atoms with Crippen molar-refractivity contribution in [3.63, 3.8) is 0 Å². The van der Waals surface area contributed by atoms with Gasteiger partial charge in [0.25, 0.3) is 5.91 Å². The van der Waals surface area contributed by atoms with Gasteiger partial charge < -0.3 is 15.3 Å². The van der Waals surface area contributed by atoms with Crippen LogP contribution in [-0.2, 0) is 6.54 Å². The van der Waals surface area contributed by atoms with Crippen LogP contribution in [0.2, 0.25) is 5.02 Å². The molecule has 0 aliphatic carbocycles. The Morgan fingerprint density at radius 2 is 2.13 bits per heavy atom. The number of carbonyl (C=O) groups excluding carboxylic acids is 1. The first-order chi connectivity index (χ1) is 15.2. The number of aromatic nitrogens is 3. The lowest BCUT2D eigenvalue weighted by Crippen LogP contribution is -2.40. The van der Waals surface area contributed by atoms with E-state index in [1.165, 1.54) is 6.42 Å². The molecule has 1 aromatic carbocycles. The lowest BCUT2D eigenvalue weighted by atomic mass is 9.99. The van der Waals surface area contributed by atoms with Crippen molar-refractivity contribution in [1.82, 2.24) is 20.5 Å². The molecule has 0 bridgehead atoms. The summed E-state index contributed by atoms with van der Waals surface area (Å²) in [5, 5.41) is 19.8. The molecule has 1 atom stereocenters. The monoisotopic (exact) mass is 439 g/mol. The van der Waals surface area contributed by atoms with Crippen LogP contribution in [0.4, 0.5) is 5.82 Å². The molecule has 0 spiro atoms. The molecule has 4 rings (SSSR count). The SMILES string of the molecule is O=C(NCc1ccc(N2CCCC[C@H]2CCO)nc1)c1cc(-c2ccccc2Cl)n[nH]1. The van der Waals surface area contributed by atoms with E-state index < -0.39 is 0 Å². The number of aliphatic hydroxyl groups excluding tert-OH is 1. The summed E-state index contributed by atoms with van der Waals surface area (Å²) in [6.07, 6.45) is 5.97. The van der Waals surface area contributed by atoms with Crippen LogP contribution in [0.15, 0.2) is 48.7 Å². The summed E-state index contributed by atoms with van der Waals surface area (Å²) in [6.45, 7) is 1.52. The van der Waals surface area contributed by atoms with E-state index >= 15 is 0 Å². The van der Waals surface area contributed by atoms with Crippen molar-refractivity contribution in [2.75, 3.05) is 18.1 Å². The smallest absolute Gasteiger partial charge is 0.269 e. The zero-order valence-electron chi connectivity index (χ0n) is 17.2. The lowest BCUT2D eigenvalue weighted by Gasteiger charge is -2.36. The van der Waals surface area contributed by atoms with Crippen LogP contribution >= 0.6 is 11.6 Å².